The largest absolute Gasteiger partial charge is 0.539 e. The summed E-state index contributed by atoms with van der Waals surface area (Å²) < 4.78 is 57.1. The average molecular weight is 218 g/mol. The number of hydrogen-bond donors (Lipinski definition) is 0. The number of hydrogen-bond acceptors (Lipinski definition) is 3. The molecule has 13 heavy (non-hydrogen) atoms. The molecule has 0 spiro atoms. The number of halogens is 4. The van der Waals surface area contributed by atoms with Gasteiger partial charge in [-0.3, -0.25) is 0 Å². The second-order valence-electron chi connectivity index (χ2n) is 2.27. The zero-order chi connectivity index (χ0) is 10.3. The summed E-state index contributed by atoms with van der Waals surface area (Å²) in [6.45, 7) is 1.04. The van der Waals surface area contributed by atoms with E-state index in [1.165, 1.54) is 6.26 Å². The number of thioether (sulfide) groups is 1. The first kappa shape index (κ1) is 10.6. The first-order valence-corrected chi connectivity index (χ1v) is 4.41. The Morgan fingerprint density at radius 3 is 2.15 bits per heavy atom. The van der Waals surface area contributed by atoms with Crippen molar-refractivity contribution in [3.8, 4) is 0 Å². The van der Waals surface area contributed by atoms with Crippen molar-refractivity contribution in [2.24, 2.45) is 0 Å². The first-order valence-electron chi connectivity index (χ1n) is 3.18. The van der Waals surface area contributed by atoms with Gasteiger partial charge in [0.05, 0.1) is 0 Å². The molecule has 0 saturated heterocycles. The normalized spacial score (nSPS) is 25.7. The molecule has 0 amide bonds. The minimum Gasteiger partial charge on any atom is -0.413 e. The van der Waals surface area contributed by atoms with E-state index in [0.29, 0.717) is 11.8 Å². The van der Waals surface area contributed by atoms with E-state index < -0.39 is 23.1 Å². The number of ether oxygens (including phenoxy) is 2. The van der Waals surface area contributed by atoms with Crippen molar-refractivity contribution in [1.82, 2.24) is 0 Å². The van der Waals surface area contributed by atoms with Gasteiger partial charge in [-0.15, -0.1) is 20.5 Å². The third-order valence-corrected chi connectivity index (χ3v) is 2.24. The van der Waals surface area contributed by atoms with E-state index in [0.717, 1.165) is 6.92 Å². The highest BCUT2D eigenvalue weighted by molar-refractivity contribution is 8.02. The van der Waals surface area contributed by atoms with Crippen LogP contribution in [-0.2, 0) is 9.47 Å². The molecule has 0 atom stereocenters. The van der Waals surface area contributed by atoms with Crippen LogP contribution in [0.15, 0.2) is 10.7 Å². The fraction of sp³-hybridized carbons (Fsp3) is 0.667. The maximum atomic E-state index is 12.8. The van der Waals surface area contributed by atoms with Crippen molar-refractivity contribution < 1.29 is 27.0 Å². The van der Waals surface area contributed by atoms with Crippen molar-refractivity contribution >= 4 is 11.8 Å². The predicted molar refractivity (Wildman–Crippen MR) is 38.3 cm³/mol. The molecule has 0 aliphatic carbocycles. The van der Waals surface area contributed by atoms with Gasteiger partial charge in [-0.1, -0.05) is 0 Å². The molecule has 2 nitrogen and oxygen atoms in total. The molecule has 0 radical (unpaired) electrons. The van der Waals surface area contributed by atoms with Gasteiger partial charge in [0, 0.05) is 0 Å². The topological polar surface area (TPSA) is 18.5 Å². The van der Waals surface area contributed by atoms with Gasteiger partial charge >= 0.3 is 12.4 Å². The SMILES string of the molecule is CSC1=C(C)OC(F)(F)OC1(F)F. The molecule has 0 aromatic carbocycles. The molecule has 0 aromatic rings. The van der Waals surface area contributed by atoms with Crippen LogP contribution in [0.1, 0.15) is 6.92 Å². The van der Waals surface area contributed by atoms with Gasteiger partial charge in [-0.2, -0.15) is 8.78 Å². The Labute approximate surface area is 75.9 Å². The molecule has 1 heterocycles. The highest BCUT2D eigenvalue weighted by Crippen LogP contribution is 2.45. The maximum Gasteiger partial charge on any atom is 0.539 e. The molecule has 0 fully saturated rings. The molecule has 1 aliphatic heterocycles. The Morgan fingerprint density at radius 2 is 1.77 bits per heavy atom. The van der Waals surface area contributed by atoms with E-state index in [4.69, 9.17) is 0 Å². The molecule has 76 valence electrons. The van der Waals surface area contributed by atoms with Gasteiger partial charge in [0.15, 0.2) is 0 Å². The quantitative estimate of drug-likeness (QED) is 0.630. The van der Waals surface area contributed by atoms with Crippen LogP contribution >= 0.6 is 11.8 Å². The van der Waals surface area contributed by atoms with Crippen LogP contribution in [-0.4, -0.2) is 18.7 Å². The van der Waals surface area contributed by atoms with Crippen LogP contribution in [0.3, 0.4) is 0 Å². The molecule has 0 aromatic heterocycles. The van der Waals surface area contributed by atoms with Crippen LogP contribution in [0.5, 0.6) is 0 Å². The minimum atomic E-state index is -4.26. The zero-order valence-corrected chi connectivity index (χ0v) is 7.55. The lowest BCUT2D eigenvalue weighted by atomic mass is 10.4. The fourth-order valence-corrected chi connectivity index (χ4v) is 1.52. The molecular formula is C6H6F4O2S. The van der Waals surface area contributed by atoms with Crippen LogP contribution in [0, 0.1) is 0 Å². The molecule has 0 unspecified atom stereocenters. The molecular weight excluding hydrogens is 212 g/mol. The lowest BCUT2D eigenvalue weighted by molar-refractivity contribution is -0.458. The maximum absolute atomic E-state index is 12.8. The molecule has 0 bridgehead atoms. The average Bonchev–Trinajstić information content (AvgIpc) is 1.79. The summed E-state index contributed by atoms with van der Waals surface area (Å²) >= 11 is 0.608. The highest BCUT2D eigenvalue weighted by Gasteiger charge is 2.54. The summed E-state index contributed by atoms with van der Waals surface area (Å²) in [6.07, 6.45) is -6.92. The Kier molecular flexibility index (Phi) is 2.50. The summed E-state index contributed by atoms with van der Waals surface area (Å²) in [6, 6.07) is 0. The van der Waals surface area contributed by atoms with Gasteiger partial charge in [0.25, 0.3) is 0 Å². The zero-order valence-electron chi connectivity index (χ0n) is 6.74. The number of alkyl halides is 4. The summed E-state index contributed by atoms with van der Waals surface area (Å²) in [7, 11) is 0. The number of allylic oxidation sites excluding steroid dienone is 1. The van der Waals surface area contributed by atoms with E-state index in [-0.39, 0.29) is 0 Å². The van der Waals surface area contributed by atoms with Gasteiger partial charge in [0.2, 0.25) is 0 Å². The molecule has 0 N–H and O–H groups in total. The number of rotatable bonds is 1. The second-order valence-corrected chi connectivity index (χ2v) is 3.09. The van der Waals surface area contributed by atoms with Crippen LogP contribution < -0.4 is 0 Å². The molecule has 1 rings (SSSR count). The van der Waals surface area contributed by atoms with E-state index in [1.54, 1.807) is 0 Å². The highest BCUT2D eigenvalue weighted by atomic mass is 32.2. The van der Waals surface area contributed by atoms with E-state index >= 15 is 0 Å². The van der Waals surface area contributed by atoms with Crippen LogP contribution in [0.4, 0.5) is 17.6 Å². The fourth-order valence-electron chi connectivity index (χ4n) is 0.908. The van der Waals surface area contributed by atoms with Gasteiger partial charge in [-0.25, -0.2) is 4.74 Å². The lowest BCUT2D eigenvalue weighted by Crippen LogP contribution is -2.40. The standard InChI is InChI=1S/C6H6F4O2S/c1-3-4(13-2)5(7,8)12-6(9,10)11-3/h1-2H3. The third-order valence-electron chi connectivity index (χ3n) is 1.31. The summed E-state index contributed by atoms with van der Waals surface area (Å²) in [4.78, 5) is -0.640. The van der Waals surface area contributed by atoms with Gasteiger partial charge in [0.1, 0.15) is 10.7 Å². The molecule has 7 heteroatoms. The van der Waals surface area contributed by atoms with Crippen molar-refractivity contribution in [2.75, 3.05) is 6.26 Å². The Balaban J connectivity index is 3.05. The molecule has 0 saturated carbocycles. The van der Waals surface area contributed by atoms with E-state index in [9.17, 15) is 17.6 Å². The Morgan fingerprint density at radius 1 is 1.23 bits per heavy atom. The monoisotopic (exact) mass is 218 g/mol. The van der Waals surface area contributed by atoms with Gasteiger partial charge in [-0.05, 0) is 13.2 Å². The third kappa shape index (κ3) is 2.08. The summed E-state index contributed by atoms with van der Waals surface area (Å²) in [5, 5.41) is 0. The first-order chi connectivity index (χ1) is 5.78. The van der Waals surface area contributed by atoms with Crippen LogP contribution in [0.2, 0.25) is 0 Å². The second kappa shape index (κ2) is 3.06. The van der Waals surface area contributed by atoms with Crippen molar-refractivity contribution in [2.45, 2.75) is 19.3 Å². The Bertz CT molecular complexity index is 251. The summed E-state index contributed by atoms with van der Waals surface area (Å²) in [5.41, 5.74) is 0. The van der Waals surface area contributed by atoms with Crippen molar-refractivity contribution in [3.63, 3.8) is 0 Å². The van der Waals surface area contributed by atoms with E-state index in [2.05, 4.69) is 9.47 Å². The lowest BCUT2D eigenvalue weighted by Gasteiger charge is -2.30. The van der Waals surface area contributed by atoms with Crippen LogP contribution in [0.25, 0.3) is 0 Å². The van der Waals surface area contributed by atoms with Gasteiger partial charge < -0.3 is 4.74 Å². The Hall–Kier alpha value is -0.430. The smallest absolute Gasteiger partial charge is 0.413 e. The predicted octanol–water partition coefficient (Wildman–Crippen LogP) is 2.77. The van der Waals surface area contributed by atoms with Crippen molar-refractivity contribution in [1.29, 1.82) is 0 Å². The van der Waals surface area contributed by atoms with Crippen molar-refractivity contribution in [3.05, 3.63) is 10.7 Å². The van der Waals surface area contributed by atoms with E-state index in [1.807, 2.05) is 0 Å². The minimum absolute atomic E-state index is 0.520. The molecule has 1 aliphatic rings. The summed E-state index contributed by atoms with van der Waals surface area (Å²) in [5.74, 6) is -0.520.